The number of aryl methyl sites for hydroxylation is 3. The van der Waals surface area contributed by atoms with E-state index in [1.807, 2.05) is 6.92 Å². The third-order valence-electron chi connectivity index (χ3n) is 6.40. The number of amides is 1. The summed E-state index contributed by atoms with van der Waals surface area (Å²) in [4.78, 5) is 32.7. The number of carbonyl (C=O) groups excluding carboxylic acids is 1. The molecule has 1 amide bonds. The van der Waals surface area contributed by atoms with Crippen LogP contribution in [0, 0.1) is 13.8 Å². The first kappa shape index (κ1) is 26.0. The molecule has 202 valence electrons. The third kappa shape index (κ3) is 4.85. The summed E-state index contributed by atoms with van der Waals surface area (Å²) >= 11 is 0. The van der Waals surface area contributed by atoms with Gasteiger partial charge in [0.25, 0.3) is 11.5 Å². The number of pyridine rings is 2. The molecule has 0 aliphatic carbocycles. The smallest absolute Gasteiger partial charge is 0.408 e. The summed E-state index contributed by atoms with van der Waals surface area (Å²) in [6.45, 7) is 4.54. The average molecular weight is 539 g/mol. The van der Waals surface area contributed by atoms with Crippen molar-refractivity contribution in [3.63, 3.8) is 0 Å². The van der Waals surface area contributed by atoms with E-state index in [-0.39, 0.29) is 22.3 Å². The molecule has 0 atom stereocenters. The van der Waals surface area contributed by atoms with Crippen molar-refractivity contribution < 1.29 is 22.7 Å². The van der Waals surface area contributed by atoms with Gasteiger partial charge < -0.3 is 19.6 Å². The van der Waals surface area contributed by atoms with Crippen LogP contribution in [0.4, 0.5) is 13.2 Å². The number of aromatic nitrogens is 5. The van der Waals surface area contributed by atoms with Crippen molar-refractivity contribution in [2.24, 2.45) is 7.05 Å². The number of aromatic amines is 1. The molecule has 4 aromatic heterocycles. The van der Waals surface area contributed by atoms with Crippen molar-refractivity contribution in [2.45, 2.75) is 33.5 Å². The lowest BCUT2D eigenvalue weighted by atomic mass is 10.0. The number of benzene rings is 1. The first-order valence-electron chi connectivity index (χ1n) is 12.1. The monoisotopic (exact) mass is 538 g/mol. The Kier molecular flexibility index (Phi) is 6.41. The van der Waals surface area contributed by atoms with E-state index in [0.29, 0.717) is 45.6 Å². The first-order chi connectivity index (χ1) is 18.5. The van der Waals surface area contributed by atoms with Crippen LogP contribution in [0.2, 0.25) is 0 Å². The molecule has 1 aromatic carbocycles. The number of H-pyrrole nitrogens is 1. The van der Waals surface area contributed by atoms with Crippen LogP contribution in [-0.4, -0.2) is 42.9 Å². The lowest BCUT2D eigenvalue weighted by Crippen LogP contribution is -2.23. The van der Waals surface area contributed by atoms with Gasteiger partial charge in [0, 0.05) is 47.9 Å². The predicted octanol–water partition coefficient (Wildman–Crippen LogP) is 5.00. The normalized spacial score (nSPS) is 11.9. The van der Waals surface area contributed by atoms with Crippen LogP contribution >= 0.6 is 0 Å². The summed E-state index contributed by atoms with van der Waals surface area (Å²) in [5.74, 6) is 0.436. The highest BCUT2D eigenvalue weighted by atomic mass is 19.4. The van der Waals surface area contributed by atoms with Crippen LogP contribution in [-0.2, 0) is 13.6 Å². The number of hydrogen-bond donors (Lipinski definition) is 2. The summed E-state index contributed by atoms with van der Waals surface area (Å²) < 4.78 is 48.5. The summed E-state index contributed by atoms with van der Waals surface area (Å²) in [5, 5.41) is 7.51. The molecule has 0 radical (unpaired) electrons. The number of alkyl halides is 3. The minimum Gasteiger partial charge on any atom is -0.455 e. The second-order valence-electron chi connectivity index (χ2n) is 9.26. The fourth-order valence-electron chi connectivity index (χ4n) is 4.57. The van der Waals surface area contributed by atoms with Crippen molar-refractivity contribution in [3.05, 3.63) is 70.2 Å². The van der Waals surface area contributed by atoms with E-state index in [9.17, 15) is 22.8 Å². The van der Waals surface area contributed by atoms with Crippen LogP contribution in [0.3, 0.4) is 0 Å². The summed E-state index contributed by atoms with van der Waals surface area (Å²) in [5.41, 5.74) is 2.56. The Bertz CT molecular complexity index is 1780. The number of rotatable bonds is 6. The van der Waals surface area contributed by atoms with E-state index in [1.165, 1.54) is 10.8 Å². The molecule has 0 saturated carbocycles. The Morgan fingerprint density at radius 2 is 1.95 bits per heavy atom. The van der Waals surface area contributed by atoms with Crippen molar-refractivity contribution >= 4 is 27.7 Å². The lowest BCUT2D eigenvalue weighted by Gasteiger charge is -2.17. The molecule has 39 heavy (non-hydrogen) atoms. The summed E-state index contributed by atoms with van der Waals surface area (Å²) in [6.07, 6.45) is 0.0915. The summed E-state index contributed by atoms with van der Waals surface area (Å²) in [7, 11) is 1.56. The van der Waals surface area contributed by atoms with E-state index < -0.39 is 18.6 Å². The highest BCUT2D eigenvalue weighted by Gasteiger charge is 2.30. The van der Waals surface area contributed by atoms with Gasteiger partial charge in [-0.2, -0.15) is 18.3 Å². The number of fused-ring (bicyclic) bond motifs is 2. The van der Waals surface area contributed by atoms with Crippen LogP contribution in [0.1, 0.15) is 28.7 Å². The molecule has 12 heteroatoms. The zero-order valence-corrected chi connectivity index (χ0v) is 21.6. The Morgan fingerprint density at radius 3 is 2.64 bits per heavy atom. The van der Waals surface area contributed by atoms with Gasteiger partial charge in [-0.3, -0.25) is 19.3 Å². The van der Waals surface area contributed by atoms with Gasteiger partial charge in [0.05, 0.1) is 17.4 Å². The molecule has 5 aromatic rings. The van der Waals surface area contributed by atoms with Crippen molar-refractivity contribution in [1.82, 2.24) is 29.6 Å². The number of halogens is 3. The number of ether oxygens (including phenoxy) is 1. The van der Waals surface area contributed by atoms with Gasteiger partial charge in [0.1, 0.15) is 23.5 Å². The lowest BCUT2D eigenvalue weighted by molar-refractivity contribution is -0.141. The second-order valence-corrected chi connectivity index (χ2v) is 9.26. The first-order valence-corrected chi connectivity index (χ1v) is 12.1. The molecule has 0 fully saturated rings. The summed E-state index contributed by atoms with van der Waals surface area (Å²) in [6, 6.07) is 6.52. The minimum atomic E-state index is -4.48. The van der Waals surface area contributed by atoms with E-state index in [4.69, 9.17) is 4.74 Å². The van der Waals surface area contributed by atoms with Crippen LogP contribution in [0.5, 0.6) is 11.5 Å². The van der Waals surface area contributed by atoms with Gasteiger partial charge in [-0.05, 0) is 50.6 Å². The molecule has 2 N–H and O–H groups in total. The van der Waals surface area contributed by atoms with Gasteiger partial charge >= 0.3 is 6.18 Å². The maximum absolute atomic E-state index is 13.3. The molecule has 0 unspecified atom stereocenters. The van der Waals surface area contributed by atoms with Gasteiger partial charge in [-0.1, -0.05) is 0 Å². The standard InChI is InChI=1S/C27H25F3N6O3/c1-5-31-25(37)20-9-18-19(12-35(4)26(38)23(18)34-20)17-10-21-16(11-33-36(21)13-27(28,29)30)8-22(17)39-24-14(2)6-7-32-15(24)3/h6-12,34H,5,13H2,1-4H3,(H,31,37). The van der Waals surface area contributed by atoms with E-state index in [1.54, 1.807) is 57.6 Å². The molecule has 9 nitrogen and oxygen atoms in total. The van der Waals surface area contributed by atoms with Crippen LogP contribution in [0.25, 0.3) is 32.9 Å². The topological polar surface area (TPSA) is 107 Å². The van der Waals surface area contributed by atoms with Crippen molar-refractivity contribution in [2.75, 3.05) is 6.54 Å². The van der Waals surface area contributed by atoms with Gasteiger partial charge in [0.15, 0.2) is 5.75 Å². The number of hydrogen-bond acceptors (Lipinski definition) is 5. The fraction of sp³-hybridized carbons (Fsp3) is 0.259. The Morgan fingerprint density at radius 1 is 1.18 bits per heavy atom. The Labute approximate surface area is 220 Å². The Hall–Kier alpha value is -4.61. The quantitative estimate of drug-likeness (QED) is 0.317. The predicted molar refractivity (Wildman–Crippen MR) is 140 cm³/mol. The molecular weight excluding hydrogens is 513 g/mol. The number of carbonyl (C=O) groups is 1. The molecule has 0 saturated heterocycles. The molecule has 4 heterocycles. The average Bonchev–Trinajstić information content (AvgIpc) is 3.47. The third-order valence-corrected chi connectivity index (χ3v) is 6.40. The zero-order chi connectivity index (χ0) is 28.1. The molecular formula is C27H25F3N6O3. The minimum absolute atomic E-state index is 0.180. The van der Waals surface area contributed by atoms with Crippen LogP contribution < -0.4 is 15.6 Å². The highest BCUT2D eigenvalue weighted by molar-refractivity contribution is 6.04. The van der Waals surface area contributed by atoms with Crippen molar-refractivity contribution in [1.29, 1.82) is 0 Å². The zero-order valence-electron chi connectivity index (χ0n) is 21.6. The SMILES string of the molecule is CCNC(=O)c1cc2c(-c3cc4c(cnn4CC(F)(F)F)cc3Oc3c(C)ccnc3C)cn(C)c(=O)c2[nH]1. The second kappa shape index (κ2) is 9.61. The van der Waals surface area contributed by atoms with E-state index >= 15 is 0 Å². The molecule has 0 bridgehead atoms. The molecule has 0 aliphatic rings. The molecule has 5 rings (SSSR count). The maximum Gasteiger partial charge on any atom is 0.408 e. The van der Waals surface area contributed by atoms with Crippen molar-refractivity contribution in [3.8, 4) is 22.6 Å². The number of nitrogens with one attached hydrogen (secondary N) is 2. The largest absolute Gasteiger partial charge is 0.455 e. The molecule has 0 spiro atoms. The maximum atomic E-state index is 13.3. The molecule has 0 aliphatic heterocycles. The van der Waals surface area contributed by atoms with Gasteiger partial charge in [-0.15, -0.1) is 0 Å². The van der Waals surface area contributed by atoms with E-state index in [0.717, 1.165) is 10.2 Å². The highest BCUT2D eigenvalue weighted by Crippen LogP contribution is 2.41. The number of nitrogens with zero attached hydrogens (tertiary/aromatic N) is 4. The van der Waals surface area contributed by atoms with E-state index in [2.05, 4.69) is 20.4 Å². The fourth-order valence-corrected chi connectivity index (χ4v) is 4.57. The van der Waals surface area contributed by atoms with Gasteiger partial charge in [-0.25, -0.2) is 0 Å². The van der Waals surface area contributed by atoms with Gasteiger partial charge in [0.2, 0.25) is 0 Å². The van der Waals surface area contributed by atoms with Crippen LogP contribution in [0.15, 0.2) is 47.7 Å². The Balaban J connectivity index is 1.80.